The number of rotatable bonds is 6. The molecule has 0 fully saturated rings. The number of benzene rings is 3. The number of hydrogen-bond acceptors (Lipinski definition) is 5. The Labute approximate surface area is 208 Å². The van der Waals surface area contributed by atoms with E-state index in [-0.39, 0.29) is 18.4 Å². The molecule has 0 saturated heterocycles. The summed E-state index contributed by atoms with van der Waals surface area (Å²) in [6.45, 7) is 2.20. The largest absolute Gasteiger partial charge is 0.497 e. The Morgan fingerprint density at radius 3 is 2.60 bits per heavy atom. The predicted molar refractivity (Wildman–Crippen MR) is 136 cm³/mol. The molecule has 0 spiro atoms. The van der Waals surface area contributed by atoms with Crippen LogP contribution in [0.1, 0.15) is 30.0 Å². The van der Waals surface area contributed by atoms with Crippen LogP contribution in [0.5, 0.6) is 5.75 Å². The summed E-state index contributed by atoms with van der Waals surface area (Å²) in [7, 11) is 1.63. The highest BCUT2D eigenvalue weighted by Gasteiger charge is 2.34. The summed E-state index contributed by atoms with van der Waals surface area (Å²) in [6.07, 6.45) is 0. The van der Waals surface area contributed by atoms with Gasteiger partial charge in [-0.1, -0.05) is 65.8 Å². The second-order valence-corrected chi connectivity index (χ2v) is 8.51. The fourth-order valence-electron chi connectivity index (χ4n) is 4.15. The first-order valence-electron chi connectivity index (χ1n) is 11.1. The highest BCUT2D eigenvalue weighted by atomic mass is 32.1. The molecule has 1 N–H and O–H groups in total. The van der Waals surface area contributed by atoms with Crippen molar-refractivity contribution in [3.63, 3.8) is 0 Å². The summed E-state index contributed by atoms with van der Waals surface area (Å²) < 4.78 is 25.7. The van der Waals surface area contributed by atoms with Crippen molar-refractivity contribution in [3.8, 4) is 17.1 Å². The second kappa shape index (κ2) is 9.68. The SMILES string of the molecule is COc1cccc(C2NC(=S)N(Cc3ccccc3F)C(C)=C2c2nc(-c3ccccc3)no2)c1. The lowest BCUT2D eigenvalue weighted by Gasteiger charge is -2.37. The van der Waals surface area contributed by atoms with E-state index in [9.17, 15) is 4.39 Å². The third-order valence-corrected chi connectivity index (χ3v) is 6.34. The van der Waals surface area contributed by atoms with Crippen molar-refractivity contribution >= 4 is 22.9 Å². The number of nitrogens with one attached hydrogen (secondary N) is 1. The Morgan fingerprint density at radius 2 is 1.83 bits per heavy atom. The molecule has 0 saturated carbocycles. The van der Waals surface area contributed by atoms with Gasteiger partial charge in [0.1, 0.15) is 11.6 Å². The second-order valence-electron chi connectivity index (χ2n) is 8.12. The van der Waals surface area contributed by atoms with Crippen LogP contribution >= 0.6 is 12.2 Å². The van der Waals surface area contributed by atoms with Crippen molar-refractivity contribution in [3.05, 3.63) is 107 Å². The van der Waals surface area contributed by atoms with Gasteiger partial charge in [0, 0.05) is 16.8 Å². The quantitative estimate of drug-likeness (QED) is 0.348. The van der Waals surface area contributed by atoms with Crippen LogP contribution in [0.3, 0.4) is 0 Å². The van der Waals surface area contributed by atoms with Crippen molar-refractivity contribution in [1.29, 1.82) is 0 Å². The Bertz CT molecular complexity index is 1400. The van der Waals surface area contributed by atoms with Crippen LogP contribution in [-0.4, -0.2) is 27.3 Å². The number of methoxy groups -OCH3 is 1. The Kier molecular flexibility index (Phi) is 6.29. The van der Waals surface area contributed by atoms with E-state index in [1.807, 2.05) is 72.5 Å². The lowest BCUT2D eigenvalue weighted by Crippen LogP contribution is -2.45. The summed E-state index contributed by atoms with van der Waals surface area (Å²) >= 11 is 5.73. The monoisotopic (exact) mass is 486 g/mol. The van der Waals surface area contributed by atoms with Gasteiger partial charge in [-0.15, -0.1) is 0 Å². The van der Waals surface area contributed by atoms with Gasteiger partial charge in [-0.2, -0.15) is 4.98 Å². The van der Waals surface area contributed by atoms with Crippen LogP contribution in [0.4, 0.5) is 4.39 Å². The van der Waals surface area contributed by atoms with Crippen LogP contribution in [0.25, 0.3) is 17.0 Å². The van der Waals surface area contributed by atoms with Gasteiger partial charge in [-0.05, 0) is 42.9 Å². The zero-order valence-corrected chi connectivity index (χ0v) is 20.1. The van der Waals surface area contributed by atoms with E-state index in [1.54, 1.807) is 19.2 Å². The van der Waals surface area contributed by atoms with E-state index >= 15 is 0 Å². The van der Waals surface area contributed by atoms with Crippen LogP contribution in [0.2, 0.25) is 0 Å². The summed E-state index contributed by atoms with van der Waals surface area (Å²) in [4.78, 5) is 6.56. The minimum absolute atomic E-state index is 0.262. The minimum Gasteiger partial charge on any atom is -0.497 e. The van der Waals surface area contributed by atoms with E-state index in [2.05, 4.69) is 10.5 Å². The molecule has 6 nitrogen and oxygen atoms in total. The van der Waals surface area contributed by atoms with E-state index in [0.717, 1.165) is 28.1 Å². The molecule has 0 amide bonds. The predicted octanol–water partition coefficient (Wildman–Crippen LogP) is 5.75. The number of halogens is 1. The molecule has 1 unspecified atom stereocenters. The van der Waals surface area contributed by atoms with Gasteiger partial charge >= 0.3 is 0 Å². The maximum atomic E-state index is 14.5. The third kappa shape index (κ3) is 4.52. The summed E-state index contributed by atoms with van der Waals surface area (Å²) in [5, 5.41) is 8.09. The lowest BCUT2D eigenvalue weighted by molar-refractivity contribution is 0.394. The topological polar surface area (TPSA) is 63.4 Å². The molecular weight excluding hydrogens is 463 g/mol. The molecule has 8 heteroatoms. The molecule has 35 heavy (non-hydrogen) atoms. The van der Waals surface area contributed by atoms with Gasteiger partial charge in [0.15, 0.2) is 5.11 Å². The molecule has 1 atom stereocenters. The molecule has 0 aliphatic carbocycles. The molecule has 5 rings (SSSR count). The molecule has 1 aliphatic rings. The summed E-state index contributed by atoms with van der Waals surface area (Å²) in [5.41, 5.74) is 3.86. The fraction of sp³-hybridized carbons (Fsp3) is 0.148. The highest BCUT2D eigenvalue weighted by molar-refractivity contribution is 7.80. The normalized spacial score (nSPS) is 15.8. The molecule has 3 aromatic carbocycles. The maximum Gasteiger partial charge on any atom is 0.258 e. The van der Waals surface area contributed by atoms with Crippen molar-refractivity contribution in [2.45, 2.75) is 19.5 Å². The average Bonchev–Trinajstić information content (AvgIpc) is 3.37. The van der Waals surface area contributed by atoms with Gasteiger partial charge in [0.25, 0.3) is 5.89 Å². The first-order chi connectivity index (χ1) is 17.0. The molecule has 2 heterocycles. The standard InChI is InChI=1S/C27H23FN4O2S/c1-17-23(26-30-25(31-34-26)18-9-4-3-5-10-18)24(19-12-8-13-21(15-19)33-2)29-27(35)32(17)16-20-11-6-7-14-22(20)28/h3-15,24H,16H2,1-2H3,(H,29,35). The fourth-order valence-corrected chi connectivity index (χ4v) is 4.47. The highest BCUT2D eigenvalue weighted by Crippen LogP contribution is 2.38. The first-order valence-corrected chi connectivity index (χ1v) is 11.5. The molecule has 176 valence electrons. The number of thiocarbonyl (C=S) groups is 1. The smallest absolute Gasteiger partial charge is 0.258 e. The number of nitrogens with zero attached hydrogens (tertiary/aromatic N) is 3. The average molecular weight is 487 g/mol. The van der Waals surface area contributed by atoms with Crippen LogP contribution < -0.4 is 10.1 Å². The zero-order chi connectivity index (χ0) is 24.4. The molecular formula is C27H23FN4O2S. The van der Waals surface area contributed by atoms with E-state index in [4.69, 9.17) is 26.5 Å². The third-order valence-electron chi connectivity index (χ3n) is 6.00. The number of aromatic nitrogens is 2. The van der Waals surface area contributed by atoms with Gasteiger partial charge in [-0.3, -0.25) is 0 Å². The van der Waals surface area contributed by atoms with Gasteiger partial charge in [0.2, 0.25) is 5.82 Å². The van der Waals surface area contributed by atoms with Gasteiger partial charge < -0.3 is 19.5 Å². The van der Waals surface area contributed by atoms with Gasteiger partial charge in [-0.25, -0.2) is 4.39 Å². The number of allylic oxidation sites excluding steroid dienone is 1. The number of ether oxygens (including phenoxy) is 1. The maximum absolute atomic E-state index is 14.5. The Balaban J connectivity index is 1.62. The molecule has 4 aromatic rings. The minimum atomic E-state index is -0.362. The summed E-state index contributed by atoms with van der Waals surface area (Å²) in [6, 6.07) is 23.7. The first kappa shape index (κ1) is 22.7. The van der Waals surface area contributed by atoms with Crippen molar-refractivity contribution in [2.75, 3.05) is 7.11 Å². The van der Waals surface area contributed by atoms with Crippen LogP contribution in [0, 0.1) is 5.82 Å². The van der Waals surface area contributed by atoms with E-state index < -0.39 is 0 Å². The van der Waals surface area contributed by atoms with E-state index in [0.29, 0.717) is 22.4 Å². The molecule has 1 aromatic heterocycles. The van der Waals surface area contributed by atoms with Gasteiger partial charge in [0.05, 0.1) is 25.3 Å². The van der Waals surface area contributed by atoms with Crippen LogP contribution in [0.15, 0.2) is 89.1 Å². The molecule has 1 aliphatic heterocycles. The molecule has 0 radical (unpaired) electrons. The Morgan fingerprint density at radius 1 is 1.06 bits per heavy atom. The van der Waals surface area contributed by atoms with Crippen molar-refractivity contribution in [1.82, 2.24) is 20.4 Å². The summed E-state index contributed by atoms with van der Waals surface area (Å²) in [5.74, 6) is 1.28. The molecule has 0 bridgehead atoms. The Hall–Kier alpha value is -4.04. The van der Waals surface area contributed by atoms with Crippen LogP contribution in [-0.2, 0) is 6.54 Å². The lowest BCUT2D eigenvalue weighted by atomic mass is 9.94. The zero-order valence-electron chi connectivity index (χ0n) is 19.2. The van der Waals surface area contributed by atoms with Crippen molar-refractivity contribution < 1.29 is 13.7 Å². The number of hydrogen-bond donors (Lipinski definition) is 1. The van der Waals surface area contributed by atoms with E-state index in [1.165, 1.54) is 6.07 Å². The van der Waals surface area contributed by atoms with Crippen molar-refractivity contribution in [2.24, 2.45) is 0 Å².